The van der Waals surface area contributed by atoms with E-state index in [0.29, 0.717) is 0 Å². The third-order valence-corrected chi connectivity index (χ3v) is 16.5. The first-order valence-electron chi connectivity index (χ1n) is 26.9. The number of benzene rings is 11. The lowest BCUT2D eigenvalue weighted by Gasteiger charge is -2.36. The molecule has 368 valence electrons. The summed E-state index contributed by atoms with van der Waals surface area (Å²) in [5, 5.41) is 3.19. The van der Waals surface area contributed by atoms with Crippen molar-refractivity contribution in [1.29, 1.82) is 0 Å². The van der Waals surface area contributed by atoms with Crippen LogP contribution in [-0.4, -0.2) is 0 Å². The first-order valence-corrected chi connectivity index (χ1v) is 26.9. The number of furan rings is 2. The zero-order valence-electron chi connectivity index (χ0n) is 42.5. The Bertz CT molecular complexity index is 4380. The summed E-state index contributed by atoms with van der Waals surface area (Å²) >= 11 is 0. The van der Waals surface area contributed by atoms with Gasteiger partial charge in [0.15, 0.2) is 0 Å². The smallest absolute Gasteiger partial charge is 0.137 e. The monoisotopic (exact) mass is 999 g/mol. The van der Waals surface area contributed by atoms with Crippen LogP contribution in [0.4, 0.5) is 45.5 Å². The fourth-order valence-electron chi connectivity index (χ4n) is 13.4. The molecule has 2 heterocycles. The standard InChI is InChI=1S/C73H49N3O2/c1-5-21-48(22-6-1)74(49-23-7-2-8-24-49)52-40-43-68-60(45-52)57-42-39-54(47-70(57)77-68)76(66-37-20-36-65-71(66)59-31-15-18-35-64(59)73(65)62-33-16-13-29-55(62)56-30-14-17-34-63(56)73)67-38-19-32-58-61-46-53(41-44-69(61)78-72(58)67)75(50-25-9-3-10-26-50)51-27-11-4-12-28-51/h1-37,39-47,67H,38H2. The summed E-state index contributed by atoms with van der Waals surface area (Å²) in [5.41, 5.74) is 22.0. The largest absolute Gasteiger partial charge is 0.458 e. The quantitative estimate of drug-likeness (QED) is 0.144. The van der Waals surface area contributed by atoms with E-state index < -0.39 is 5.41 Å². The number of para-hydroxylation sites is 4. The van der Waals surface area contributed by atoms with Crippen LogP contribution < -0.4 is 14.7 Å². The molecule has 1 unspecified atom stereocenters. The van der Waals surface area contributed by atoms with Crippen molar-refractivity contribution >= 4 is 84.5 Å². The van der Waals surface area contributed by atoms with Crippen molar-refractivity contribution in [3.63, 3.8) is 0 Å². The summed E-state index contributed by atoms with van der Waals surface area (Å²) in [6, 6.07) is 96.3. The minimum absolute atomic E-state index is 0.225. The molecule has 3 aliphatic carbocycles. The summed E-state index contributed by atoms with van der Waals surface area (Å²) in [6.07, 6.45) is 5.33. The molecule has 78 heavy (non-hydrogen) atoms. The van der Waals surface area contributed by atoms with Crippen LogP contribution in [0.3, 0.4) is 0 Å². The van der Waals surface area contributed by atoms with Gasteiger partial charge in [0.25, 0.3) is 0 Å². The van der Waals surface area contributed by atoms with Gasteiger partial charge in [-0.3, -0.25) is 0 Å². The van der Waals surface area contributed by atoms with Gasteiger partial charge in [-0.15, -0.1) is 0 Å². The molecular formula is C73H49N3O2. The molecule has 16 rings (SSSR count). The zero-order chi connectivity index (χ0) is 51.3. The lowest BCUT2D eigenvalue weighted by Crippen LogP contribution is -2.27. The predicted octanol–water partition coefficient (Wildman–Crippen LogP) is 19.9. The van der Waals surface area contributed by atoms with Gasteiger partial charge < -0.3 is 23.5 Å². The van der Waals surface area contributed by atoms with Crippen LogP contribution in [0.15, 0.2) is 282 Å². The first kappa shape index (κ1) is 44.2. The molecule has 13 aromatic rings. The Morgan fingerprint density at radius 1 is 0.346 bits per heavy atom. The van der Waals surface area contributed by atoms with Crippen molar-refractivity contribution < 1.29 is 8.83 Å². The fourth-order valence-corrected chi connectivity index (χ4v) is 13.4. The summed E-state index contributed by atoms with van der Waals surface area (Å²) in [5.74, 6) is 0.932. The van der Waals surface area contributed by atoms with Gasteiger partial charge in [-0.1, -0.05) is 170 Å². The normalized spacial score (nSPS) is 14.3. The number of fused-ring (bicyclic) bond motifs is 16. The Balaban J connectivity index is 0.905. The molecule has 0 bridgehead atoms. The zero-order valence-corrected chi connectivity index (χ0v) is 42.5. The Morgan fingerprint density at radius 3 is 1.40 bits per heavy atom. The first-order chi connectivity index (χ1) is 38.7. The minimum Gasteiger partial charge on any atom is -0.458 e. The lowest BCUT2D eigenvalue weighted by atomic mass is 9.70. The number of rotatable bonds is 9. The average molecular weight is 1000 g/mol. The number of hydrogen-bond donors (Lipinski definition) is 0. The molecule has 0 amide bonds. The second-order valence-corrected chi connectivity index (χ2v) is 20.6. The molecule has 11 aromatic carbocycles. The van der Waals surface area contributed by atoms with Crippen LogP contribution in [0, 0.1) is 0 Å². The highest BCUT2D eigenvalue weighted by molar-refractivity contribution is 6.08. The average Bonchev–Trinajstić information content (AvgIpc) is 4.32. The fraction of sp³-hybridized carbons (Fsp3) is 0.0411. The van der Waals surface area contributed by atoms with Crippen LogP contribution >= 0.6 is 0 Å². The highest BCUT2D eigenvalue weighted by Crippen LogP contribution is 2.65. The van der Waals surface area contributed by atoms with Crippen LogP contribution in [0.25, 0.3) is 61.2 Å². The molecule has 5 nitrogen and oxygen atoms in total. The van der Waals surface area contributed by atoms with Gasteiger partial charge in [0.1, 0.15) is 22.5 Å². The maximum absolute atomic E-state index is 7.25. The lowest BCUT2D eigenvalue weighted by molar-refractivity contribution is 0.488. The van der Waals surface area contributed by atoms with Gasteiger partial charge in [0.05, 0.1) is 17.1 Å². The highest BCUT2D eigenvalue weighted by Gasteiger charge is 2.52. The second kappa shape index (κ2) is 17.5. The van der Waals surface area contributed by atoms with Crippen molar-refractivity contribution in [2.45, 2.75) is 17.9 Å². The summed E-state index contributed by atoms with van der Waals surface area (Å²) in [7, 11) is 0. The maximum Gasteiger partial charge on any atom is 0.137 e. The predicted molar refractivity (Wildman–Crippen MR) is 321 cm³/mol. The van der Waals surface area contributed by atoms with E-state index in [2.05, 4.69) is 294 Å². The van der Waals surface area contributed by atoms with Crippen molar-refractivity contribution in [2.24, 2.45) is 0 Å². The van der Waals surface area contributed by atoms with Crippen LogP contribution in [0.1, 0.15) is 46.0 Å². The van der Waals surface area contributed by atoms with E-state index in [1.165, 1.54) is 44.5 Å². The molecule has 0 N–H and O–H groups in total. The van der Waals surface area contributed by atoms with Crippen molar-refractivity contribution in [1.82, 2.24) is 0 Å². The SMILES string of the molecule is C1=Cc2c(oc3ccc(N(c4ccccc4)c4ccccc4)cc23)C(N(c2ccc3c(c2)oc2ccc(N(c4ccccc4)c4ccccc4)cc23)c2cccc3c2-c2ccccc2C32c3ccccc3-c3ccccc32)C1. The van der Waals surface area contributed by atoms with Gasteiger partial charge in [0.2, 0.25) is 0 Å². The molecular weight excluding hydrogens is 951 g/mol. The topological polar surface area (TPSA) is 36.0 Å². The molecule has 0 radical (unpaired) electrons. The van der Waals surface area contributed by atoms with Crippen molar-refractivity contribution in [3.8, 4) is 22.3 Å². The highest BCUT2D eigenvalue weighted by atomic mass is 16.3. The third-order valence-electron chi connectivity index (χ3n) is 16.5. The molecule has 2 aromatic heterocycles. The van der Waals surface area contributed by atoms with Crippen LogP contribution in [0.2, 0.25) is 0 Å². The van der Waals surface area contributed by atoms with Crippen molar-refractivity contribution in [2.75, 3.05) is 14.7 Å². The molecule has 1 atom stereocenters. The van der Waals surface area contributed by atoms with E-state index >= 15 is 0 Å². The Kier molecular flexibility index (Phi) is 9.91. The van der Waals surface area contributed by atoms with E-state index in [0.717, 1.165) is 96.2 Å². The number of anilines is 8. The van der Waals surface area contributed by atoms with E-state index in [4.69, 9.17) is 8.83 Å². The van der Waals surface area contributed by atoms with Gasteiger partial charge in [-0.25, -0.2) is 0 Å². The Morgan fingerprint density at radius 2 is 0.821 bits per heavy atom. The Labute approximate surface area is 452 Å². The summed E-state index contributed by atoms with van der Waals surface area (Å²) in [6.45, 7) is 0. The van der Waals surface area contributed by atoms with E-state index in [1.54, 1.807) is 0 Å². The molecule has 0 saturated heterocycles. The summed E-state index contributed by atoms with van der Waals surface area (Å²) < 4.78 is 14.2. The minimum atomic E-state index is -0.509. The van der Waals surface area contributed by atoms with Gasteiger partial charge in [0, 0.05) is 73.2 Å². The molecule has 5 heteroatoms. The van der Waals surface area contributed by atoms with Crippen LogP contribution in [-0.2, 0) is 5.41 Å². The maximum atomic E-state index is 7.25. The van der Waals surface area contributed by atoms with E-state index in [-0.39, 0.29) is 6.04 Å². The molecule has 0 saturated carbocycles. The molecule has 3 aliphatic rings. The van der Waals surface area contributed by atoms with Crippen molar-refractivity contribution in [3.05, 3.63) is 307 Å². The number of nitrogens with zero attached hydrogens (tertiary/aromatic N) is 3. The van der Waals surface area contributed by atoms with Crippen LogP contribution in [0.5, 0.6) is 0 Å². The van der Waals surface area contributed by atoms with Gasteiger partial charge >= 0.3 is 0 Å². The summed E-state index contributed by atoms with van der Waals surface area (Å²) in [4.78, 5) is 7.18. The van der Waals surface area contributed by atoms with E-state index in [9.17, 15) is 0 Å². The molecule has 0 fully saturated rings. The number of hydrogen-bond acceptors (Lipinski definition) is 5. The van der Waals surface area contributed by atoms with Gasteiger partial charge in [-0.2, -0.15) is 0 Å². The van der Waals surface area contributed by atoms with E-state index in [1.807, 2.05) is 0 Å². The third kappa shape index (κ3) is 6.55. The Hall–Kier alpha value is -10.1. The molecule has 0 aliphatic heterocycles. The molecule has 1 spiro atoms. The van der Waals surface area contributed by atoms with Gasteiger partial charge in [-0.05, 0) is 148 Å². The second-order valence-electron chi connectivity index (χ2n) is 20.6.